The van der Waals surface area contributed by atoms with Crippen LogP contribution < -0.4 is 4.31 Å². The minimum Gasteiger partial charge on any atom is -0.273 e. The van der Waals surface area contributed by atoms with Crippen LogP contribution in [0.1, 0.15) is 29.5 Å². The standard InChI is InChI=1S/C15H24N2O4S2/c1-11-10-12(2)15(23(20,21)17-8-6-7-9-17)13(3)14(11)16(4)22(5,18)19/h10H,6-9H2,1-5H3. The van der Waals surface area contributed by atoms with E-state index < -0.39 is 20.0 Å². The quantitative estimate of drug-likeness (QED) is 0.820. The van der Waals surface area contributed by atoms with E-state index >= 15 is 0 Å². The molecule has 23 heavy (non-hydrogen) atoms. The maximum Gasteiger partial charge on any atom is 0.243 e. The van der Waals surface area contributed by atoms with Crippen molar-refractivity contribution in [3.05, 3.63) is 22.8 Å². The van der Waals surface area contributed by atoms with Gasteiger partial charge in [0.1, 0.15) is 0 Å². The second-order valence-electron chi connectivity index (χ2n) is 6.15. The molecular formula is C15H24N2O4S2. The first-order chi connectivity index (χ1) is 10.5. The van der Waals surface area contributed by atoms with Crippen molar-refractivity contribution in [1.29, 1.82) is 0 Å². The van der Waals surface area contributed by atoms with Crippen molar-refractivity contribution in [3.63, 3.8) is 0 Å². The summed E-state index contributed by atoms with van der Waals surface area (Å²) < 4.78 is 52.4. The molecule has 0 unspecified atom stereocenters. The molecule has 1 aliphatic rings. The van der Waals surface area contributed by atoms with Crippen molar-refractivity contribution in [1.82, 2.24) is 4.31 Å². The fourth-order valence-electron chi connectivity index (χ4n) is 3.26. The van der Waals surface area contributed by atoms with E-state index in [1.807, 2.05) is 0 Å². The van der Waals surface area contributed by atoms with Crippen molar-refractivity contribution in [3.8, 4) is 0 Å². The SMILES string of the molecule is Cc1cc(C)c(S(=O)(=O)N2CCCC2)c(C)c1N(C)S(C)(=O)=O. The highest BCUT2D eigenvalue weighted by Gasteiger charge is 2.32. The maximum atomic E-state index is 13.0. The molecule has 0 amide bonds. The lowest BCUT2D eigenvalue weighted by atomic mass is 10.1. The fraction of sp³-hybridized carbons (Fsp3) is 0.600. The van der Waals surface area contributed by atoms with Crippen molar-refractivity contribution >= 4 is 25.7 Å². The Morgan fingerprint density at radius 1 is 1.00 bits per heavy atom. The van der Waals surface area contributed by atoms with E-state index in [-0.39, 0.29) is 4.90 Å². The molecule has 0 radical (unpaired) electrons. The molecule has 1 heterocycles. The summed E-state index contributed by atoms with van der Waals surface area (Å²) >= 11 is 0. The molecule has 6 nitrogen and oxygen atoms in total. The van der Waals surface area contributed by atoms with Crippen LogP contribution in [0.5, 0.6) is 0 Å². The molecule has 1 aliphatic heterocycles. The van der Waals surface area contributed by atoms with Gasteiger partial charge in [-0.1, -0.05) is 6.07 Å². The van der Waals surface area contributed by atoms with Crippen LogP contribution in [0.4, 0.5) is 5.69 Å². The molecule has 0 aromatic heterocycles. The van der Waals surface area contributed by atoms with Crippen molar-refractivity contribution in [2.75, 3.05) is 30.7 Å². The monoisotopic (exact) mass is 360 g/mol. The lowest BCUT2D eigenvalue weighted by Gasteiger charge is -2.26. The number of hydrogen-bond donors (Lipinski definition) is 0. The van der Waals surface area contributed by atoms with Gasteiger partial charge in [-0.3, -0.25) is 4.31 Å². The lowest BCUT2D eigenvalue weighted by Crippen LogP contribution is -2.31. The van der Waals surface area contributed by atoms with Crippen LogP contribution in [0.3, 0.4) is 0 Å². The molecule has 1 aromatic rings. The number of hydrogen-bond acceptors (Lipinski definition) is 4. The first-order valence-electron chi connectivity index (χ1n) is 7.52. The van der Waals surface area contributed by atoms with E-state index in [1.54, 1.807) is 26.8 Å². The highest BCUT2D eigenvalue weighted by atomic mass is 32.2. The molecular weight excluding hydrogens is 336 g/mol. The summed E-state index contributed by atoms with van der Waals surface area (Å²) in [7, 11) is -5.63. The average molecular weight is 361 g/mol. The zero-order chi connectivity index (χ0) is 17.6. The van der Waals surface area contributed by atoms with Crippen LogP contribution in [-0.4, -0.2) is 47.5 Å². The molecule has 1 aromatic carbocycles. The Morgan fingerprint density at radius 2 is 1.52 bits per heavy atom. The average Bonchev–Trinajstić information content (AvgIpc) is 2.90. The predicted octanol–water partition coefficient (Wildman–Crippen LogP) is 1.79. The number of nitrogens with zero attached hydrogens (tertiary/aromatic N) is 2. The van der Waals surface area contributed by atoms with Crippen molar-refractivity contribution in [2.45, 2.75) is 38.5 Å². The van der Waals surface area contributed by atoms with Gasteiger partial charge < -0.3 is 0 Å². The van der Waals surface area contributed by atoms with Gasteiger partial charge in [-0.15, -0.1) is 0 Å². The predicted molar refractivity (Wildman–Crippen MR) is 91.9 cm³/mol. The van der Waals surface area contributed by atoms with Gasteiger partial charge in [-0.25, -0.2) is 16.8 Å². The van der Waals surface area contributed by atoms with Crippen LogP contribution in [0.15, 0.2) is 11.0 Å². The molecule has 0 spiro atoms. The van der Waals surface area contributed by atoms with Gasteiger partial charge in [-0.05, 0) is 50.3 Å². The van der Waals surface area contributed by atoms with E-state index in [0.717, 1.165) is 29.0 Å². The maximum absolute atomic E-state index is 13.0. The minimum atomic E-state index is -3.61. The zero-order valence-electron chi connectivity index (χ0n) is 14.2. The number of benzene rings is 1. The highest BCUT2D eigenvalue weighted by Crippen LogP contribution is 2.35. The summed E-state index contributed by atoms with van der Waals surface area (Å²) in [5, 5.41) is 0. The second kappa shape index (κ2) is 6.07. The summed E-state index contributed by atoms with van der Waals surface area (Å²) in [5.74, 6) is 0. The van der Waals surface area contributed by atoms with Crippen LogP contribution in [-0.2, 0) is 20.0 Å². The van der Waals surface area contributed by atoms with Crippen molar-refractivity contribution in [2.24, 2.45) is 0 Å². The van der Waals surface area contributed by atoms with Gasteiger partial charge in [0.2, 0.25) is 20.0 Å². The topological polar surface area (TPSA) is 74.8 Å². The Hall–Kier alpha value is -1.12. The Kier molecular flexibility index (Phi) is 4.81. The van der Waals surface area contributed by atoms with E-state index in [4.69, 9.17) is 0 Å². The minimum absolute atomic E-state index is 0.232. The second-order valence-corrected chi connectivity index (χ2v) is 10.0. The molecule has 0 aliphatic carbocycles. The molecule has 2 rings (SSSR count). The van der Waals surface area contributed by atoms with E-state index in [9.17, 15) is 16.8 Å². The molecule has 0 saturated carbocycles. The first-order valence-corrected chi connectivity index (χ1v) is 10.8. The lowest BCUT2D eigenvalue weighted by molar-refractivity contribution is 0.476. The summed E-state index contributed by atoms with van der Waals surface area (Å²) in [6.07, 6.45) is 2.83. The third-order valence-corrected chi connectivity index (χ3v) is 7.70. The zero-order valence-corrected chi connectivity index (χ0v) is 15.9. The van der Waals surface area contributed by atoms with E-state index in [1.165, 1.54) is 11.4 Å². The Balaban J connectivity index is 2.71. The molecule has 8 heteroatoms. The third-order valence-electron chi connectivity index (χ3n) is 4.34. The normalized spacial score (nSPS) is 16.7. The van der Waals surface area contributed by atoms with Gasteiger partial charge in [0, 0.05) is 20.1 Å². The van der Waals surface area contributed by atoms with E-state index in [0.29, 0.717) is 29.9 Å². The van der Waals surface area contributed by atoms with Gasteiger partial charge in [0.05, 0.1) is 16.8 Å². The Bertz CT molecular complexity index is 824. The largest absolute Gasteiger partial charge is 0.273 e. The molecule has 1 saturated heterocycles. The summed E-state index contributed by atoms with van der Waals surface area (Å²) in [4.78, 5) is 0.232. The summed E-state index contributed by atoms with van der Waals surface area (Å²) in [6, 6.07) is 1.74. The Labute approximate surface area is 139 Å². The smallest absolute Gasteiger partial charge is 0.243 e. The van der Waals surface area contributed by atoms with Gasteiger partial charge in [0.25, 0.3) is 0 Å². The van der Waals surface area contributed by atoms with E-state index in [2.05, 4.69) is 0 Å². The van der Waals surface area contributed by atoms with Crippen LogP contribution in [0.2, 0.25) is 0 Å². The molecule has 1 fully saturated rings. The third kappa shape index (κ3) is 3.25. The van der Waals surface area contributed by atoms with Crippen molar-refractivity contribution < 1.29 is 16.8 Å². The molecule has 0 N–H and O–H groups in total. The molecule has 130 valence electrons. The number of aryl methyl sites for hydroxylation is 2. The number of sulfonamides is 2. The summed E-state index contributed by atoms with van der Waals surface area (Å²) in [5.41, 5.74) is 2.32. The molecule has 0 atom stereocenters. The summed E-state index contributed by atoms with van der Waals surface area (Å²) in [6.45, 7) is 6.27. The van der Waals surface area contributed by atoms with Gasteiger partial charge >= 0.3 is 0 Å². The fourth-order valence-corrected chi connectivity index (χ4v) is 5.82. The van der Waals surface area contributed by atoms with Crippen LogP contribution in [0, 0.1) is 20.8 Å². The van der Waals surface area contributed by atoms with Gasteiger partial charge in [-0.2, -0.15) is 4.31 Å². The molecule has 0 bridgehead atoms. The Morgan fingerprint density at radius 3 is 2.00 bits per heavy atom. The highest BCUT2D eigenvalue weighted by molar-refractivity contribution is 7.92. The number of anilines is 1. The van der Waals surface area contributed by atoms with Crippen LogP contribution >= 0.6 is 0 Å². The first kappa shape index (κ1) is 18.2. The van der Waals surface area contributed by atoms with Crippen LogP contribution in [0.25, 0.3) is 0 Å². The van der Waals surface area contributed by atoms with Gasteiger partial charge in [0.15, 0.2) is 0 Å². The number of rotatable bonds is 4.